The summed E-state index contributed by atoms with van der Waals surface area (Å²) in [5.74, 6) is 1.07. The molecule has 7 rings (SSSR count). The van der Waals surface area contributed by atoms with Crippen molar-refractivity contribution in [2.24, 2.45) is 0 Å². The van der Waals surface area contributed by atoms with Gasteiger partial charge in [-0.05, 0) is 68.4 Å². The Bertz CT molecular complexity index is 1540. The van der Waals surface area contributed by atoms with Gasteiger partial charge in [-0.3, -0.25) is 4.90 Å². The lowest BCUT2D eigenvalue weighted by Gasteiger charge is -2.24. The molecule has 1 aliphatic heterocycles. The maximum Gasteiger partial charge on any atom is 0.322 e. The number of sulfone groups is 1. The van der Waals surface area contributed by atoms with Gasteiger partial charge in [-0.2, -0.15) is 0 Å². The van der Waals surface area contributed by atoms with Crippen molar-refractivity contribution in [2.45, 2.75) is 87.0 Å². The summed E-state index contributed by atoms with van der Waals surface area (Å²) in [6.45, 7) is 2.60. The lowest BCUT2D eigenvalue weighted by Crippen LogP contribution is -2.41. The van der Waals surface area contributed by atoms with Crippen LogP contribution < -0.4 is 10.2 Å². The number of rotatable bonds is 7. The summed E-state index contributed by atoms with van der Waals surface area (Å²) < 4.78 is 24.3. The van der Waals surface area contributed by atoms with Crippen LogP contribution >= 0.6 is 0 Å². The number of urea groups is 1. The van der Waals surface area contributed by atoms with Gasteiger partial charge in [0.15, 0.2) is 9.84 Å². The van der Waals surface area contributed by atoms with E-state index in [1.807, 2.05) is 4.90 Å². The van der Waals surface area contributed by atoms with E-state index in [-0.39, 0.29) is 17.2 Å². The van der Waals surface area contributed by atoms with E-state index in [0.717, 1.165) is 65.3 Å². The van der Waals surface area contributed by atoms with E-state index in [0.29, 0.717) is 29.8 Å². The molecule has 208 valence electrons. The number of pyridine rings is 1. The molecule has 0 radical (unpaired) electrons. The van der Waals surface area contributed by atoms with Gasteiger partial charge in [0, 0.05) is 35.9 Å². The predicted molar refractivity (Wildman–Crippen MR) is 153 cm³/mol. The smallest absolute Gasteiger partial charge is 0.322 e. The van der Waals surface area contributed by atoms with E-state index in [4.69, 9.17) is 15.0 Å². The molecule has 3 saturated carbocycles. The topological polar surface area (TPSA) is 105 Å². The third-order valence-electron chi connectivity index (χ3n) is 9.13. The third kappa shape index (κ3) is 4.48. The molecule has 3 heterocycles. The van der Waals surface area contributed by atoms with E-state index >= 15 is 0 Å². The van der Waals surface area contributed by atoms with Gasteiger partial charge in [0.2, 0.25) is 0 Å². The summed E-state index contributed by atoms with van der Waals surface area (Å²) >= 11 is 0. The van der Waals surface area contributed by atoms with Crippen molar-refractivity contribution in [3.8, 4) is 11.3 Å². The molecule has 3 aromatic rings. The highest BCUT2D eigenvalue weighted by molar-refractivity contribution is 7.91. The Balaban J connectivity index is 1.17. The zero-order valence-electron chi connectivity index (χ0n) is 22.9. The van der Waals surface area contributed by atoms with Gasteiger partial charge >= 0.3 is 6.03 Å². The number of aromatic nitrogens is 3. The van der Waals surface area contributed by atoms with Crippen LogP contribution in [0.2, 0.25) is 0 Å². The fraction of sp³-hybridized carbons (Fsp3) is 0.484. The molecule has 0 saturated heterocycles. The Labute approximate surface area is 235 Å². The van der Waals surface area contributed by atoms with Crippen LogP contribution in [0.1, 0.15) is 92.8 Å². The predicted octanol–water partition coefficient (Wildman–Crippen LogP) is 5.63. The van der Waals surface area contributed by atoms with Crippen molar-refractivity contribution < 1.29 is 13.2 Å². The number of nitrogens with one attached hydrogen (secondary N) is 1. The maximum absolute atomic E-state index is 13.5. The van der Waals surface area contributed by atoms with Crippen LogP contribution in [0, 0.1) is 0 Å². The molecule has 2 aromatic heterocycles. The highest BCUT2D eigenvalue weighted by atomic mass is 32.2. The molecule has 2 amide bonds. The average molecular weight is 558 g/mol. The standard InChI is InChI=1S/C31H35N5O3S/c1-2-40(38,39)23-11-5-20(6-12-23)17-32-30(37)36-18-31(15-3-4-16-31)29-25(36)14-13-24(35-29)26-27(21-7-8-21)33-19-34-28(26)22-9-10-22/h5-6,11-14,19,21-22H,2-4,7-10,15-18H2,1H3,(H,32,37). The maximum atomic E-state index is 13.5. The van der Waals surface area contributed by atoms with E-state index in [2.05, 4.69) is 17.4 Å². The molecular weight excluding hydrogens is 522 g/mol. The van der Waals surface area contributed by atoms with Gasteiger partial charge in [-0.25, -0.2) is 28.2 Å². The molecular formula is C31H35N5O3S. The van der Waals surface area contributed by atoms with Gasteiger partial charge in [0.1, 0.15) is 6.33 Å². The fourth-order valence-electron chi connectivity index (χ4n) is 6.55. The number of nitrogens with zero attached hydrogens (tertiary/aromatic N) is 4. The first-order valence-corrected chi connectivity index (χ1v) is 16.3. The Morgan fingerprint density at radius 2 is 1.62 bits per heavy atom. The molecule has 1 aromatic carbocycles. The van der Waals surface area contributed by atoms with Crippen molar-refractivity contribution in [3.05, 3.63) is 65.4 Å². The average Bonchev–Trinajstić information content (AvgIpc) is 3.93. The van der Waals surface area contributed by atoms with Crippen LogP contribution in [0.4, 0.5) is 10.5 Å². The highest BCUT2D eigenvalue weighted by Crippen LogP contribution is 2.52. The Morgan fingerprint density at radius 1 is 0.975 bits per heavy atom. The quantitative estimate of drug-likeness (QED) is 0.404. The molecule has 0 bridgehead atoms. The SMILES string of the molecule is CCS(=O)(=O)c1ccc(CNC(=O)N2CC3(CCCC3)c3nc(-c4c(C5CC5)ncnc4C4CC4)ccc32)cc1. The van der Waals surface area contributed by atoms with E-state index in [1.165, 1.54) is 25.7 Å². The molecule has 1 N–H and O–H groups in total. The van der Waals surface area contributed by atoms with Gasteiger partial charge in [-0.1, -0.05) is 31.9 Å². The van der Waals surface area contributed by atoms with Gasteiger partial charge in [0.05, 0.1) is 39.1 Å². The minimum Gasteiger partial charge on any atom is -0.334 e. The first kappa shape index (κ1) is 25.6. The van der Waals surface area contributed by atoms with Crippen LogP contribution in [0.15, 0.2) is 47.6 Å². The number of benzene rings is 1. The molecule has 4 aliphatic rings. The van der Waals surface area contributed by atoms with Crippen molar-refractivity contribution in [3.63, 3.8) is 0 Å². The van der Waals surface area contributed by atoms with Crippen LogP contribution in [0.3, 0.4) is 0 Å². The second-order valence-corrected chi connectivity index (χ2v) is 14.2. The van der Waals surface area contributed by atoms with E-state index < -0.39 is 9.84 Å². The summed E-state index contributed by atoms with van der Waals surface area (Å²) in [5.41, 5.74) is 7.07. The molecule has 0 unspecified atom stereocenters. The van der Waals surface area contributed by atoms with Gasteiger partial charge in [0.25, 0.3) is 0 Å². The van der Waals surface area contributed by atoms with E-state index in [9.17, 15) is 13.2 Å². The van der Waals surface area contributed by atoms with Crippen molar-refractivity contribution in [1.29, 1.82) is 0 Å². The Hall–Kier alpha value is -3.33. The number of amides is 2. The molecule has 9 heteroatoms. The van der Waals surface area contributed by atoms with Gasteiger partial charge in [-0.15, -0.1) is 0 Å². The zero-order chi connectivity index (χ0) is 27.5. The molecule has 40 heavy (non-hydrogen) atoms. The number of carbonyl (C=O) groups excluding carboxylic acids is 1. The van der Waals surface area contributed by atoms with Crippen LogP contribution in [0.5, 0.6) is 0 Å². The van der Waals surface area contributed by atoms with Crippen LogP contribution in [-0.4, -0.2) is 41.7 Å². The summed E-state index contributed by atoms with van der Waals surface area (Å²) in [7, 11) is -3.25. The number of hydrogen-bond acceptors (Lipinski definition) is 6. The number of fused-ring (bicyclic) bond motifs is 2. The van der Waals surface area contributed by atoms with Gasteiger partial charge < -0.3 is 5.32 Å². The van der Waals surface area contributed by atoms with Crippen LogP contribution in [-0.2, 0) is 21.8 Å². The minimum atomic E-state index is -3.25. The molecule has 1 spiro atoms. The monoisotopic (exact) mass is 557 g/mol. The number of carbonyl (C=O) groups is 1. The van der Waals surface area contributed by atoms with Crippen molar-refractivity contribution in [1.82, 2.24) is 20.3 Å². The first-order valence-electron chi connectivity index (χ1n) is 14.6. The van der Waals surface area contributed by atoms with Crippen LogP contribution in [0.25, 0.3) is 11.3 Å². The van der Waals surface area contributed by atoms with Crippen molar-refractivity contribution in [2.75, 3.05) is 17.2 Å². The number of anilines is 1. The summed E-state index contributed by atoms with van der Waals surface area (Å²) in [5, 5.41) is 3.06. The highest BCUT2D eigenvalue weighted by Gasteiger charge is 2.48. The Kier molecular flexibility index (Phi) is 6.18. The lowest BCUT2D eigenvalue weighted by atomic mass is 9.84. The number of hydrogen-bond donors (Lipinski definition) is 1. The summed E-state index contributed by atoms with van der Waals surface area (Å²) in [6.07, 6.45) is 10.8. The Morgan fingerprint density at radius 3 is 2.23 bits per heavy atom. The third-order valence-corrected chi connectivity index (χ3v) is 10.9. The minimum absolute atomic E-state index is 0.0655. The normalized spacial score (nSPS) is 19.7. The van der Waals surface area contributed by atoms with E-state index in [1.54, 1.807) is 37.5 Å². The van der Waals surface area contributed by atoms with Crippen molar-refractivity contribution >= 4 is 21.6 Å². The molecule has 3 aliphatic carbocycles. The lowest BCUT2D eigenvalue weighted by molar-refractivity contribution is 0.245. The fourth-order valence-corrected chi connectivity index (χ4v) is 7.44. The second-order valence-electron chi connectivity index (χ2n) is 11.9. The first-order chi connectivity index (χ1) is 19.4. The summed E-state index contributed by atoms with van der Waals surface area (Å²) in [6, 6.07) is 10.8. The zero-order valence-corrected chi connectivity index (χ0v) is 23.7. The second kappa shape index (κ2) is 9.65. The molecule has 8 nitrogen and oxygen atoms in total. The molecule has 3 fully saturated rings. The summed E-state index contributed by atoms with van der Waals surface area (Å²) in [4.78, 5) is 30.5. The largest absolute Gasteiger partial charge is 0.334 e. The molecule has 0 atom stereocenters.